The van der Waals surface area contributed by atoms with Crippen LogP contribution in [0.3, 0.4) is 0 Å². The molecule has 2 aromatic carbocycles. The maximum Gasteiger partial charge on any atom is 0.274 e. The lowest BCUT2D eigenvalue weighted by Gasteiger charge is -2.34. The highest BCUT2D eigenvalue weighted by molar-refractivity contribution is 7.99. The molecule has 0 radical (unpaired) electrons. The molecule has 9 nitrogen and oxygen atoms in total. The fraction of sp³-hybridized carbons (Fsp3) is 0.481. The van der Waals surface area contributed by atoms with Gasteiger partial charge in [0.05, 0.1) is 22.7 Å². The van der Waals surface area contributed by atoms with Gasteiger partial charge in [0.2, 0.25) is 5.91 Å². The maximum atomic E-state index is 13.0. The average molecular weight is 526 g/mol. The molecule has 37 heavy (non-hydrogen) atoms. The van der Waals surface area contributed by atoms with E-state index < -0.39 is 0 Å². The van der Waals surface area contributed by atoms with Gasteiger partial charge in [-0.2, -0.15) is 0 Å². The van der Waals surface area contributed by atoms with E-state index in [1.165, 1.54) is 0 Å². The number of nitrogens with zero attached hydrogens (tertiary/aromatic N) is 4. The molecule has 0 bridgehead atoms. The third-order valence-corrected chi connectivity index (χ3v) is 7.46. The number of nitro benzene ring substituents is 1. The molecule has 0 aliphatic carbocycles. The molecule has 0 spiro atoms. The lowest BCUT2D eigenvalue weighted by molar-refractivity contribution is -0.385. The number of piperazine rings is 1. The monoisotopic (exact) mass is 525 g/mol. The minimum Gasteiger partial charge on any atom is -0.431 e. The molecule has 0 atom stereocenters. The van der Waals surface area contributed by atoms with E-state index in [9.17, 15) is 14.9 Å². The molecule has 0 saturated carbocycles. The van der Waals surface area contributed by atoms with Crippen LogP contribution in [-0.4, -0.2) is 70.6 Å². The van der Waals surface area contributed by atoms with E-state index >= 15 is 0 Å². The smallest absolute Gasteiger partial charge is 0.274 e. The number of aromatic nitrogens is 1. The molecule has 1 N–H and O–H groups in total. The summed E-state index contributed by atoms with van der Waals surface area (Å²) in [6, 6.07) is 11.1. The summed E-state index contributed by atoms with van der Waals surface area (Å²) in [5, 5.41) is 15.4. The van der Waals surface area contributed by atoms with Crippen LogP contribution in [0.25, 0.3) is 11.1 Å². The van der Waals surface area contributed by atoms with Gasteiger partial charge in [0.1, 0.15) is 5.52 Å². The molecule has 1 aliphatic heterocycles. The lowest BCUT2D eigenvalue weighted by Crippen LogP contribution is -2.49. The Labute approximate surface area is 221 Å². The van der Waals surface area contributed by atoms with Gasteiger partial charge in [-0.25, -0.2) is 4.98 Å². The molecule has 3 aromatic rings. The van der Waals surface area contributed by atoms with Gasteiger partial charge in [0.25, 0.3) is 10.9 Å². The summed E-state index contributed by atoms with van der Waals surface area (Å²) in [6.45, 7) is 12.4. The number of oxazole rings is 1. The second-order valence-electron chi connectivity index (χ2n) is 9.99. The number of fused-ring (bicyclic) bond motifs is 1. The normalized spacial score (nSPS) is 15.1. The Hall–Kier alpha value is -2.95. The van der Waals surface area contributed by atoms with Crippen molar-refractivity contribution < 1.29 is 14.1 Å². The number of nitro groups is 1. The second-order valence-corrected chi connectivity index (χ2v) is 11.0. The van der Waals surface area contributed by atoms with Gasteiger partial charge >= 0.3 is 0 Å². The first-order valence-electron chi connectivity index (χ1n) is 12.8. The average Bonchev–Trinajstić information content (AvgIpc) is 3.27. The number of anilines is 1. The summed E-state index contributed by atoms with van der Waals surface area (Å²) in [4.78, 5) is 33.4. The molecule has 1 aliphatic rings. The molecular weight excluding hydrogens is 490 g/mol. The summed E-state index contributed by atoms with van der Waals surface area (Å²) in [5.74, 6) is 0.787. The number of benzene rings is 2. The van der Waals surface area contributed by atoms with Gasteiger partial charge in [-0.1, -0.05) is 51.6 Å². The molecule has 1 amide bonds. The largest absolute Gasteiger partial charge is 0.431 e. The molecule has 1 saturated heterocycles. The predicted octanol–water partition coefficient (Wildman–Crippen LogP) is 5.33. The number of para-hydroxylation sites is 2. The van der Waals surface area contributed by atoms with Crippen LogP contribution in [0.2, 0.25) is 0 Å². The molecule has 198 valence electrons. The standard InChI is InChI=1S/C27H35N5O4S/c1-18(2)20-9-10-22(32(34)35)25(19(3)4)26(20)29-24(33)17-31-13-11-30(12-14-31)15-16-37-27-28-21-7-5-6-8-23(21)36-27/h5-10,18-19H,11-17H2,1-4H3,(H,29,33). The second kappa shape index (κ2) is 12.1. The zero-order chi connectivity index (χ0) is 26.5. The highest BCUT2D eigenvalue weighted by Crippen LogP contribution is 2.38. The maximum absolute atomic E-state index is 13.0. The first-order valence-corrected chi connectivity index (χ1v) is 13.8. The zero-order valence-corrected chi connectivity index (χ0v) is 22.7. The van der Waals surface area contributed by atoms with Crippen LogP contribution >= 0.6 is 11.8 Å². The van der Waals surface area contributed by atoms with Crippen molar-refractivity contribution in [1.82, 2.24) is 14.8 Å². The number of thioether (sulfide) groups is 1. The summed E-state index contributed by atoms with van der Waals surface area (Å²) >= 11 is 1.62. The van der Waals surface area contributed by atoms with Gasteiger partial charge in [-0.05, 0) is 35.6 Å². The molecule has 1 aromatic heterocycles. The summed E-state index contributed by atoms with van der Waals surface area (Å²) < 4.78 is 5.78. The number of amides is 1. The van der Waals surface area contributed by atoms with Crippen molar-refractivity contribution in [3.05, 3.63) is 57.6 Å². The van der Waals surface area contributed by atoms with Gasteiger partial charge < -0.3 is 9.73 Å². The lowest BCUT2D eigenvalue weighted by atomic mass is 9.91. The third-order valence-electron chi connectivity index (χ3n) is 6.65. The van der Waals surface area contributed by atoms with E-state index in [-0.39, 0.29) is 34.9 Å². The van der Waals surface area contributed by atoms with Crippen molar-refractivity contribution in [3.8, 4) is 0 Å². The number of carbonyl (C=O) groups is 1. The van der Waals surface area contributed by atoms with Gasteiger partial charge in [-0.3, -0.25) is 24.7 Å². The van der Waals surface area contributed by atoms with Gasteiger partial charge in [0.15, 0.2) is 5.58 Å². The number of rotatable bonds is 10. The van der Waals surface area contributed by atoms with Gasteiger partial charge in [0, 0.05) is 44.5 Å². The molecule has 4 rings (SSSR count). The molecule has 2 heterocycles. The number of hydrogen-bond donors (Lipinski definition) is 1. The molecule has 10 heteroatoms. The van der Waals surface area contributed by atoms with E-state index in [4.69, 9.17) is 4.42 Å². The Bertz CT molecular complexity index is 1220. The fourth-order valence-electron chi connectivity index (χ4n) is 4.72. The minimum atomic E-state index is -0.364. The number of hydrogen-bond acceptors (Lipinski definition) is 8. The Kier molecular flexibility index (Phi) is 8.83. The first kappa shape index (κ1) is 27.1. The van der Waals surface area contributed by atoms with Crippen LogP contribution in [0.5, 0.6) is 0 Å². The summed E-state index contributed by atoms with van der Waals surface area (Å²) in [6.07, 6.45) is 0. The minimum absolute atomic E-state index is 0.0547. The van der Waals surface area contributed by atoms with E-state index in [1.54, 1.807) is 23.9 Å². The SMILES string of the molecule is CC(C)c1ccc([N+](=O)[O-])c(C(C)C)c1NC(=O)CN1CCN(CCSc2nc3ccccc3o2)CC1. The van der Waals surface area contributed by atoms with Crippen LogP contribution in [0.4, 0.5) is 11.4 Å². The quantitative estimate of drug-likeness (QED) is 0.215. The zero-order valence-electron chi connectivity index (χ0n) is 21.9. The highest BCUT2D eigenvalue weighted by Gasteiger charge is 2.26. The van der Waals surface area contributed by atoms with Crippen LogP contribution < -0.4 is 5.32 Å². The van der Waals surface area contributed by atoms with Crippen molar-refractivity contribution in [2.75, 3.05) is 50.3 Å². The van der Waals surface area contributed by atoms with E-state index in [2.05, 4.69) is 20.1 Å². The predicted molar refractivity (Wildman–Crippen MR) is 148 cm³/mol. The number of carbonyl (C=O) groups excluding carboxylic acids is 1. The highest BCUT2D eigenvalue weighted by atomic mass is 32.2. The van der Waals surface area contributed by atoms with Crippen molar-refractivity contribution >= 4 is 40.1 Å². The molecular formula is C27H35N5O4S. The van der Waals surface area contributed by atoms with E-state index in [0.29, 0.717) is 16.5 Å². The van der Waals surface area contributed by atoms with Gasteiger partial charge in [-0.15, -0.1) is 0 Å². The van der Waals surface area contributed by atoms with Crippen LogP contribution in [0, 0.1) is 10.1 Å². The van der Waals surface area contributed by atoms with Crippen molar-refractivity contribution in [1.29, 1.82) is 0 Å². The fourth-order valence-corrected chi connectivity index (χ4v) is 5.55. The first-order chi connectivity index (χ1) is 17.7. The summed E-state index contributed by atoms with van der Waals surface area (Å²) in [5.41, 5.74) is 3.85. The van der Waals surface area contributed by atoms with Crippen molar-refractivity contribution in [3.63, 3.8) is 0 Å². The van der Waals surface area contributed by atoms with E-state index in [0.717, 1.165) is 55.1 Å². The Morgan fingerprint density at radius 1 is 1.08 bits per heavy atom. The topological polar surface area (TPSA) is 105 Å². The molecule has 0 unspecified atom stereocenters. The third kappa shape index (κ3) is 6.68. The number of nitrogens with one attached hydrogen (secondary N) is 1. The van der Waals surface area contributed by atoms with E-state index in [1.807, 2.05) is 52.0 Å². The van der Waals surface area contributed by atoms with Crippen LogP contribution in [-0.2, 0) is 4.79 Å². The van der Waals surface area contributed by atoms with Crippen LogP contribution in [0.1, 0.15) is 50.7 Å². The Balaban J connectivity index is 1.29. The van der Waals surface area contributed by atoms with Crippen molar-refractivity contribution in [2.45, 2.75) is 44.8 Å². The Morgan fingerprint density at radius 3 is 2.43 bits per heavy atom. The van der Waals surface area contributed by atoms with Crippen LogP contribution in [0.15, 0.2) is 46.0 Å². The Morgan fingerprint density at radius 2 is 1.78 bits per heavy atom. The molecule has 1 fully saturated rings. The van der Waals surface area contributed by atoms with Crippen molar-refractivity contribution in [2.24, 2.45) is 0 Å². The summed E-state index contributed by atoms with van der Waals surface area (Å²) in [7, 11) is 0.